The molecule has 0 spiro atoms. The number of benzene rings is 1. The highest BCUT2D eigenvalue weighted by molar-refractivity contribution is 5.40. The van der Waals surface area contributed by atoms with Gasteiger partial charge in [-0.25, -0.2) is 4.98 Å². The highest BCUT2D eigenvalue weighted by atomic mass is 15.1. The predicted molar refractivity (Wildman–Crippen MR) is 69.5 cm³/mol. The largest absolute Gasteiger partial charge is 0.378 e. The third-order valence-electron chi connectivity index (χ3n) is 2.73. The molecule has 2 heterocycles. The smallest absolute Gasteiger partial charge is 0.0991 e. The van der Waals surface area contributed by atoms with E-state index >= 15 is 0 Å². The molecule has 0 saturated carbocycles. The Kier molecular flexibility index (Phi) is 2.79. The molecule has 0 aliphatic heterocycles. The Morgan fingerprint density at radius 3 is 2.78 bits per heavy atom. The average Bonchev–Trinajstić information content (AvgIpc) is 3.10. The summed E-state index contributed by atoms with van der Waals surface area (Å²) in [6.07, 6.45) is 9.09. The van der Waals surface area contributed by atoms with Crippen LogP contribution in [0.4, 0.5) is 5.69 Å². The molecule has 0 aliphatic carbocycles. The Morgan fingerprint density at radius 1 is 1.22 bits per heavy atom. The summed E-state index contributed by atoms with van der Waals surface area (Å²) in [7, 11) is 0. The van der Waals surface area contributed by atoms with Gasteiger partial charge in [0.2, 0.25) is 0 Å². The molecule has 3 aromatic rings. The second-order valence-electron chi connectivity index (χ2n) is 3.98. The van der Waals surface area contributed by atoms with Crippen LogP contribution in [-0.4, -0.2) is 19.7 Å². The van der Waals surface area contributed by atoms with E-state index < -0.39 is 0 Å². The van der Waals surface area contributed by atoms with Crippen LogP contribution >= 0.6 is 0 Å². The van der Waals surface area contributed by atoms with E-state index in [1.807, 2.05) is 17.0 Å². The maximum absolute atomic E-state index is 4.03. The van der Waals surface area contributed by atoms with Gasteiger partial charge in [0.05, 0.1) is 18.2 Å². The molecule has 5 heteroatoms. The summed E-state index contributed by atoms with van der Waals surface area (Å²) in [4.78, 5) is 4.03. The molecule has 90 valence electrons. The summed E-state index contributed by atoms with van der Waals surface area (Å²) in [6.45, 7) is 0.781. The zero-order chi connectivity index (χ0) is 12.2. The number of aromatic nitrogens is 4. The van der Waals surface area contributed by atoms with Crippen molar-refractivity contribution in [2.45, 2.75) is 6.54 Å². The van der Waals surface area contributed by atoms with Gasteiger partial charge in [0.15, 0.2) is 0 Å². The van der Waals surface area contributed by atoms with E-state index in [4.69, 9.17) is 0 Å². The molecular formula is C13H13N5. The molecule has 2 N–H and O–H groups in total. The summed E-state index contributed by atoms with van der Waals surface area (Å²) in [6, 6.07) is 8.35. The molecule has 0 radical (unpaired) electrons. The Labute approximate surface area is 104 Å². The van der Waals surface area contributed by atoms with Gasteiger partial charge in [-0.05, 0) is 17.7 Å². The van der Waals surface area contributed by atoms with Crippen molar-refractivity contribution in [2.75, 3.05) is 5.32 Å². The molecule has 0 atom stereocenters. The molecule has 2 aromatic heterocycles. The number of hydrogen-bond donors (Lipinski definition) is 2. The summed E-state index contributed by atoms with van der Waals surface area (Å²) in [5, 5.41) is 9.94. The molecule has 0 saturated heterocycles. The van der Waals surface area contributed by atoms with Crippen LogP contribution in [0, 0.1) is 0 Å². The van der Waals surface area contributed by atoms with Gasteiger partial charge in [0.25, 0.3) is 0 Å². The van der Waals surface area contributed by atoms with Gasteiger partial charge in [-0.1, -0.05) is 12.1 Å². The number of H-pyrrole nitrogens is 1. The topological polar surface area (TPSA) is 58.5 Å². The van der Waals surface area contributed by atoms with Crippen LogP contribution < -0.4 is 5.32 Å². The lowest BCUT2D eigenvalue weighted by molar-refractivity contribution is 1.05. The van der Waals surface area contributed by atoms with E-state index in [-0.39, 0.29) is 0 Å². The quantitative estimate of drug-likeness (QED) is 0.733. The lowest BCUT2D eigenvalue weighted by atomic mass is 10.2. The number of anilines is 1. The molecule has 0 fully saturated rings. The summed E-state index contributed by atoms with van der Waals surface area (Å²) < 4.78 is 1.98. The van der Waals surface area contributed by atoms with Gasteiger partial charge in [-0.3, -0.25) is 5.10 Å². The van der Waals surface area contributed by atoms with Crippen molar-refractivity contribution in [3.05, 3.63) is 60.9 Å². The van der Waals surface area contributed by atoms with E-state index in [0.717, 1.165) is 17.9 Å². The molecule has 0 unspecified atom stereocenters. The van der Waals surface area contributed by atoms with E-state index in [2.05, 4.69) is 44.8 Å². The monoisotopic (exact) mass is 239 g/mol. The number of nitrogens with one attached hydrogen (secondary N) is 2. The van der Waals surface area contributed by atoms with Crippen LogP contribution in [0.1, 0.15) is 5.56 Å². The van der Waals surface area contributed by atoms with Crippen LogP contribution in [0.25, 0.3) is 5.69 Å². The first-order chi connectivity index (χ1) is 8.92. The molecule has 3 rings (SSSR count). The number of aromatic amines is 1. The minimum atomic E-state index is 0.781. The zero-order valence-electron chi connectivity index (χ0n) is 9.74. The van der Waals surface area contributed by atoms with Crippen molar-refractivity contribution < 1.29 is 0 Å². The Hall–Kier alpha value is -2.56. The van der Waals surface area contributed by atoms with Gasteiger partial charge in [0, 0.05) is 30.8 Å². The normalized spacial score (nSPS) is 10.4. The van der Waals surface area contributed by atoms with Crippen molar-refractivity contribution in [3.8, 4) is 5.69 Å². The molecule has 0 amide bonds. The molecular weight excluding hydrogens is 226 g/mol. The molecule has 18 heavy (non-hydrogen) atoms. The molecule has 1 aromatic carbocycles. The second kappa shape index (κ2) is 4.75. The van der Waals surface area contributed by atoms with E-state index in [0.29, 0.717) is 0 Å². The minimum absolute atomic E-state index is 0.781. The number of nitrogens with zero attached hydrogens (tertiary/aromatic N) is 3. The lowest BCUT2D eigenvalue weighted by Gasteiger charge is -2.06. The van der Waals surface area contributed by atoms with Crippen LogP contribution in [0.3, 0.4) is 0 Å². The molecule has 0 aliphatic rings. The van der Waals surface area contributed by atoms with Crippen LogP contribution in [0.5, 0.6) is 0 Å². The average molecular weight is 239 g/mol. The number of imidazole rings is 1. The summed E-state index contributed by atoms with van der Waals surface area (Å²) in [5.41, 5.74) is 3.33. The fourth-order valence-electron chi connectivity index (χ4n) is 1.75. The van der Waals surface area contributed by atoms with Gasteiger partial charge in [-0.15, -0.1) is 0 Å². The van der Waals surface area contributed by atoms with Crippen molar-refractivity contribution in [1.82, 2.24) is 19.7 Å². The van der Waals surface area contributed by atoms with Gasteiger partial charge < -0.3 is 9.88 Å². The zero-order valence-corrected chi connectivity index (χ0v) is 9.74. The van der Waals surface area contributed by atoms with Gasteiger partial charge in [-0.2, -0.15) is 5.10 Å². The number of rotatable bonds is 4. The first-order valence-electron chi connectivity index (χ1n) is 5.72. The molecule has 5 nitrogen and oxygen atoms in total. The van der Waals surface area contributed by atoms with Crippen LogP contribution in [-0.2, 0) is 6.54 Å². The Balaban J connectivity index is 1.68. The second-order valence-corrected chi connectivity index (χ2v) is 3.98. The summed E-state index contributed by atoms with van der Waals surface area (Å²) >= 11 is 0. The van der Waals surface area contributed by atoms with Crippen LogP contribution in [0.15, 0.2) is 55.4 Å². The summed E-state index contributed by atoms with van der Waals surface area (Å²) in [5.74, 6) is 0. The highest BCUT2D eigenvalue weighted by Gasteiger charge is 1.97. The molecule has 0 bridgehead atoms. The van der Waals surface area contributed by atoms with E-state index in [1.54, 1.807) is 18.7 Å². The number of hydrogen-bond acceptors (Lipinski definition) is 3. The van der Waals surface area contributed by atoms with E-state index in [9.17, 15) is 0 Å². The lowest BCUT2D eigenvalue weighted by Crippen LogP contribution is -1.98. The predicted octanol–water partition coefficient (Wildman–Crippen LogP) is 2.21. The van der Waals surface area contributed by atoms with Gasteiger partial charge >= 0.3 is 0 Å². The van der Waals surface area contributed by atoms with E-state index in [1.165, 1.54) is 5.56 Å². The Morgan fingerprint density at radius 2 is 2.11 bits per heavy atom. The van der Waals surface area contributed by atoms with Crippen molar-refractivity contribution >= 4 is 5.69 Å². The highest BCUT2D eigenvalue weighted by Crippen LogP contribution is 2.11. The van der Waals surface area contributed by atoms with Crippen molar-refractivity contribution in [2.24, 2.45) is 0 Å². The van der Waals surface area contributed by atoms with Crippen LogP contribution in [0.2, 0.25) is 0 Å². The van der Waals surface area contributed by atoms with Gasteiger partial charge in [0.1, 0.15) is 0 Å². The minimum Gasteiger partial charge on any atom is -0.378 e. The first kappa shape index (κ1) is 10.6. The fraction of sp³-hybridized carbons (Fsp3) is 0.0769. The van der Waals surface area contributed by atoms with Crippen molar-refractivity contribution in [1.29, 1.82) is 0 Å². The third kappa shape index (κ3) is 2.24. The Bertz CT molecular complexity index is 581. The maximum Gasteiger partial charge on any atom is 0.0991 e. The standard InChI is InChI=1S/C13H13N5/c1-3-13(18-6-5-14-10-18)4-2-11(1)7-15-12-8-16-17-9-12/h1-6,8-10,15H,7H2,(H,16,17). The fourth-order valence-corrected chi connectivity index (χ4v) is 1.75. The van der Waals surface area contributed by atoms with Crippen molar-refractivity contribution in [3.63, 3.8) is 0 Å². The third-order valence-corrected chi connectivity index (χ3v) is 2.73. The SMILES string of the molecule is c1cn(-c2ccc(CNc3cn[nH]c3)cc2)cn1. The maximum atomic E-state index is 4.03. The first-order valence-corrected chi connectivity index (χ1v) is 5.72.